The standard InChI is InChI=1S/C17H17N3O/c1-12(14-6-7-18-17(21)9-14)19-10-13-8-15-4-2-3-5-16(15)20-11-13/h2-9,11-12,19H,10H2,1H3,(H,18,21). The van der Waals surface area contributed by atoms with Crippen molar-refractivity contribution in [2.75, 3.05) is 0 Å². The van der Waals surface area contributed by atoms with Gasteiger partial charge >= 0.3 is 0 Å². The van der Waals surface area contributed by atoms with E-state index in [1.54, 1.807) is 12.3 Å². The minimum Gasteiger partial charge on any atom is -0.329 e. The van der Waals surface area contributed by atoms with Gasteiger partial charge in [-0.15, -0.1) is 0 Å². The van der Waals surface area contributed by atoms with Crippen LogP contribution in [0.25, 0.3) is 10.9 Å². The topological polar surface area (TPSA) is 57.8 Å². The van der Waals surface area contributed by atoms with E-state index in [0.717, 1.165) is 22.0 Å². The van der Waals surface area contributed by atoms with Gasteiger partial charge in [0.2, 0.25) is 5.56 Å². The molecule has 0 amide bonds. The van der Waals surface area contributed by atoms with Gasteiger partial charge < -0.3 is 10.3 Å². The minimum atomic E-state index is -0.0754. The van der Waals surface area contributed by atoms with Crippen LogP contribution in [0.15, 0.2) is 59.7 Å². The van der Waals surface area contributed by atoms with E-state index in [2.05, 4.69) is 27.4 Å². The van der Waals surface area contributed by atoms with E-state index < -0.39 is 0 Å². The number of aromatic nitrogens is 2. The molecule has 0 radical (unpaired) electrons. The number of nitrogens with one attached hydrogen (secondary N) is 2. The fourth-order valence-corrected chi connectivity index (χ4v) is 2.33. The molecule has 0 saturated carbocycles. The average molecular weight is 279 g/mol. The summed E-state index contributed by atoms with van der Waals surface area (Å²) >= 11 is 0. The Hall–Kier alpha value is -2.46. The van der Waals surface area contributed by atoms with Gasteiger partial charge in [0, 0.05) is 36.4 Å². The first-order chi connectivity index (χ1) is 10.2. The molecular weight excluding hydrogens is 262 g/mol. The fraction of sp³-hybridized carbons (Fsp3) is 0.176. The van der Waals surface area contributed by atoms with Gasteiger partial charge in [0.05, 0.1) is 5.52 Å². The normalized spacial score (nSPS) is 12.4. The SMILES string of the molecule is CC(NCc1cnc2ccccc2c1)c1cc[nH]c(=O)c1. The van der Waals surface area contributed by atoms with E-state index in [0.29, 0.717) is 6.54 Å². The summed E-state index contributed by atoms with van der Waals surface area (Å²) in [6, 6.07) is 13.9. The second-order valence-corrected chi connectivity index (χ2v) is 5.13. The molecule has 21 heavy (non-hydrogen) atoms. The highest BCUT2D eigenvalue weighted by atomic mass is 16.1. The summed E-state index contributed by atoms with van der Waals surface area (Å²) < 4.78 is 0. The first-order valence-electron chi connectivity index (χ1n) is 6.98. The lowest BCUT2D eigenvalue weighted by molar-refractivity contribution is 0.573. The van der Waals surface area contributed by atoms with Crippen LogP contribution in [0, 0.1) is 0 Å². The Labute approximate surface area is 122 Å². The third kappa shape index (κ3) is 3.17. The number of fused-ring (bicyclic) bond motifs is 1. The predicted molar refractivity (Wildman–Crippen MR) is 84.1 cm³/mol. The van der Waals surface area contributed by atoms with Crippen LogP contribution in [0.2, 0.25) is 0 Å². The lowest BCUT2D eigenvalue weighted by atomic mass is 10.1. The Morgan fingerprint density at radius 3 is 2.95 bits per heavy atom. The smallest absolute Gasteiger partial charge is 0.248 e. The van der Waals surface area contributed by atoms with Crippen molar-refractivity contribution in [1.29, 1.82) is 0 Å². The molecule has 4 nitrogen and oxygen atoms in total. The number of rotatable bonds is 4. The summed E-state index contributed by atoms with van der Waals surface area (Å²) in [5.74, 6) is 0. The van der Waals surface area contributed by atoms with Gasteiger partial charge in [0.15, 0.2) is 0 Å². The average Bonchev–Trinajstić information content (AvgIpc) is 2.52. The molecule has 0 bridgehead atoms. The van der Waals surface area contributed by atoms with Crippen molar-refractivity contribution in [2.24, 2.45) is 0 Å². The van der Waals surface area contributed by atoms with Crippen LogP contribution < -0.4 is 10.9 Å². The molecule has 4 heteroatoms. The highest BCUT2D eigenvalue weighted by Gasteiger charge is 2.05. The number of nitrogens with zero attached hydrogens (tertiary/aromatic N) is 1. The minimum absolute atomic E-state index is 0.0754. The lowest BCUT2D eigenvalue weighted by Crippen LogP contribution is -2.19. The van der Waals surface area contributed by atoms with Crippen LogP contribution in [0.3, 0.4) is 0 Å². The van der Waals surface area contributed by atoms with Crippen molar-refractivity contribution in [2.45, 2.75) is 19.5 Å². The summed E-state index contributed by atoms with van der Waals surface area (Å²) in [5.41, 5.74) is 3.04. The second kappa shape index (κ2) is 5.89. The number of H-pyrrole nitrogens is 1. The number of aromatic amines is 1. The maximum atomic E-state index is 11.3. The van der Waals surface area contributed by atoms with Gasteiger partial charge in [-0.05, 0) is 36.2 Å². The van der Waals surface area contributed by atoms with Crippen molar-refractivity contribution in [1.82, 2.24) is 15.3 Å². The molecule has 2 heterocycles. The molecule has 2 N–H and O–H groups in total. The van der Waals surface area contributed by atoms with E-state index in [1.165, 1.54) is 0 Å². The molecule has 0 spiro atoms. The molecule has 3 aromatic rings. The van der Waals surface area contributed by atoms with Crippen molar-refractivity contribution < 1.29 is 0 Å². The van der Waals surface area contributed by atoms with Crippen LogP contribution >= 0.6 is 0 Å². The van der Waals surface area contributed by atoms with Crippen molar-refractivity contribution >= 4 is 10.9 Å². The van der Waals surface area contributed by atoms with Crippen molar-refractivity contribution in [3.8, 4) is 0 Å². The Balaban J connectivity index is 1.72. The summed E-state index contributed by atoms with van der Waals surface area (Å²) in [6.07, 6.45) is 3.56. The lowest BCUT2D eigenvalue weighted by Gasteiger charge is -2.14. The Morgan fingerprint density at radius 2 is 2.10 bits per heavy atom. The van der Waals surface area contributed by atoms with Gasteiger partial charge in [-0.2, -0.15) is 0 Å². The number of benzene rings is 1. The first-order valence-corrected chi connectivity index (χ1v) is 6.98. The molecular formula is C17H17N3O. The molecule has 1 unspecified atom stereocenters. The van der Waals surface area contributed by atoms with E-state index in [4.69, 9.17) is 0 Å². The van der Waals surface area contributed by atoms with Crippen molar-refractivity contribution in [3.63, 3.8) is 0 Å². The molecule has 0 saturated heterocycles. The maximum Gasteiger partial charge on any atom is 0.248 e. The maximum absolute atomic E-state index is 11.3. The Bertz CT molecular complexity index is 810. The number of hydrogen-bond donors (Lipinski definition) is 2. The van der Waals surface area contributed by atoms with E-state index >= 15 is 0 Å². The van der Waals surface area contributed by atoms with Gasteiger partial charge in [-0.3, -0.25) is 9.78 Å². The van der Waals surface area contributed by atoms with E-state index in [-0.39, 0.29) is 11.6 Å². The molecule has 0 aliphatic carbocycles. The predicted octanol–water partition coefficient (Wildman–Crippen LogP) is 2.77. The third-order valence-corrected chi connectivity index (χ3v) is 3.56. The van der Waals surface area contributed by atoms with Crippen molar-refractivity contribution in [3.05, 3.63) is 76.3 Å². The Morgan fingerprint density at radius 1 is 1.24 bits per heavy atom. The Kier molecular flexibility index (Phi) is 3.79. The molecule has 2 aromatic heterocycles. The van der Waals surface area contributed by atoms with E-state index in [9.17, 15) is 4.79 Å². The fourth-order valence-electron chi connectivity index (χ4n) is 2.33. The molecule has 0 fully saturated rings. The molecule has 106 valence electrons. The number of pyridine rings is 2. The van der Waals surface area contributed by atoms with E-state index in [1.807, 2.05) is 37.4 Å². The highest BCUT2D eigenvalue weighted by Crippen LogP contribution is 2.14. The van der Waals surface area contributed by atoms with Crippen LogP contribution in [-0.2, 0) is 6.54 Å². The summed E-state index contributed by atoms with van der Waals surface area (Å²) in [6.45, 7) is 2.76. The summed E-state index contributed by atoms with van der Waals surface area (Å²) in [5, 5.41) is 4.55. The van der Waals surface area contributed by atoms with Crippen LogP contribution in [0.4, 0.5) is 0 Å². The molecule has 3 rings (SSSR count). The monoisotopic (exact) mass is 279 g/mol. The summed E-state index contributed by atoms with van der Waals surface area (Å²) in [7, 11) is 0. The zero-order chi connectivity index (χ0) is 14.7. The first kappa shape index (κ1) is 13.5. The molecule has 0 aliphatic rings. The molecule has 1 aromatic carbocycles. The molecule has 0 aliphatic heterocycles. The second-order valence-electron chi connectivity index (χ2n) is 5.13. The van der Waals surface area contributed by atoms with Gasteiger partial charge in [-0.25, -0.2) is 0 Å². The zero-order valence-corrected chi connectivity index (χ0v) is 11.8. The number of para-hydroxylation sites is 1. The highest BCUT2D eigenvalue weighted by molar-refractivity contribution is 5.78. The zero-order valence-electron chi connectivity index (χ0n) is 11.8. The largest absolute Gasteiger partial charge is 0.329 e. The number of hydrogen-bond acceptors (Lipinski definition) is 3. The summed E-state index contributed by atoms with van der Waals surface area (Å²) in [4.78, 5) is 18.4. The van der Waals surface area contributed by atoms with Crippen LogP contribution in [0.5, 0.6) is 0 Å². The van der Waals surface area contributed by atoms with Crippen LogP contribution in [0.1, 0.15) is 24.1 Å². The van der Waals surface area contributed by atoms with Crippen LogP contribution in [-0.4, -0.2) is 9.97 Å². The third-order valence-electron chi connectivity index (χ3n) is 3.56. The van der Waals surface area contributed by atoms with Gasteiger partial charge in [0.1, 0.15) is 0 Å². The molecule has 1 atom stereocenters. The quantitative estimate of drug-likeness (QED) is 0.772. The van der Waals surface area contributed by atoms with Gasteiger partial charge in [0.25, 0.3) is 0 Å². The van der Waals surface area contributed by atoms with Gasteiger partial charge in [-0.1, -0.05) is 18.2 Å².